The molecule has 2 heterocycles. The summed E-state index contributed by atoms with van der Waals surface area (Å²) in [6.45, 7) is 0. The minimum atomic E-state index is -4.59. The fraction of sp³-hybridized carbons (Fsp3) is 0.857. The maximum atomic E-state index is 12.3. The van der Waals surface area contributed by atoms with Crippen LogP contribution in [-0.2, 0) is 9.53 Å². The molecule has 0 spiro atoms. The lowest BCUT2D eigenvalue weighted by Gasteiger charge is -2.39. The molecule has 4 nitrogen and oxygen atoms in total. The van der Waals surface area contributed by atoms with Crippen molar-refractivity contribution in [2.45, 2.75) is 36.3 Å². The summed E-state index contributed by atoms with van der Waals surface area (Å²) >= 11 is 0. The van der Waals surface area contributed by atoms with Crippen molar-refractivity contribution in [3.05, 3.63) is 0 Å². The zero-order valence-electron chi connectivity index (χ0n) is 6.97. The number of hydrogen-bond acceptors (Lipinski definition) is 3. The van der Waals surface area contributed by atoms with Gasteiger partial charge in [-0.15, -0.1) is 0 Å². The highest BCUT2D eigenvalue weighted by molar-refractivity contribution is 5.81. The van der Waals surface area contributed by atoms with Gasteiger partial charge in [-0.3, -0.25) is 0 Å². The number of aliphatic carboxylic acids is 1. The van der Waals surface area contributed by atoms with Gasteiger partial charge in [-0.2, -0.15) is 13.2 Å². The lowest BCUT2D eigenvalue weighted by molar-refractivity contribution is -0.220. The molecule has 0 aromatic heterocycles. The van der Waals surface area contributed by atoms with Crippen LogP contribution in [-0.4, -0.2) is 34.5 Å². The Labute approximate surface area is 76.8 Å². The topological polar surface area (TPSA) is 72.6 Å². The molecule has 7 heteroatoms. The standard InChI is InChI=1S/C7H8F3NO3/c8-7(9,10)3-5(11)1-6(2-5,14-3)4(12)13/h3H,1-2,11H2,(H,12,13). The molecule has 1 saturated carbocycles. The molecule has 0 amide bonds. The molecule has 3 aliphatic rings. The Kier molecular flexibility index (Phi) is 1.54. The number of carboxylic acids is 1. The van der Waals surface area contributed by atoms with E-state index in [-0.39, 0.29) is 12.8 Å². The number of carbonyl (C=O) groups is 1. The van der Waals surface area contributed by atoms with Gasteiger partial charge in [0.2, 0.25) is 0 Å². The summed E-state index contributed by atoms with van der Waals surface area (Å²) in [4.78, 5) is 10.6. The van der Waals surface area contributed by atoms with Gasteiger partial charge >= 0.3 is 12.1 Å². The Morgan fingerprint density at radius 1 is 1.50 bits per heavy atom. The Hall–Kier alpha value is -0.820. The van der Waals surface area contributed by atoms with Gasteiger partial charge in [0.1, 0.15) is 0 Å². The first-order valence-electron chi connectivity index (χ1n) is 3.96. The van der Waals surface area contributed by atoms with Crippen LogP contribution in [0, 0.1) is 0 Å². The van der Waals surface area contributed by atoms with Crippen molar-refractivity contribution in [3.63, 3.8) is 0 Å². The number of rotatable bonds is 1. The van der Waals surface area contributed by atoms with Crippen molar-refractivity contribution in [1.29, 1.82) is 0 Å². The van der Waals surface area contributed by atoms with E-state index >= 15 is 0 Å². The second-order valence-electron chi connectivity index (χ2n) is 3.93. The van der Waals surface area contributed by atoms with Crippen LogP contribution in [0.15, 0.2) is 0 Å². The third-order valence-corrected chi connectivity index (χ3v) is 2.78. The summed E-state index contributed by atoms with van der Waals surface area (Å²) in [5.41, 5.74) is 2.14. The average Bonchev–Trinajstić information content (AvgIpc) is 2.35. The van der Waals surface area contributed by atoms with Crippen LogP contribution in [0.3, 0.4) is 0 Å². The summed E-state index contributed by atoms with van der Waals surface area (Å²) in [6, 6.07) is 0. The predicted octanol–water partition coefficient (Wildman–Crippen LogP) is 0.262. The molecular formula is C7H8F3NO3. The van der Waals surface area contributed by atoms with E-state index in [1.165, 1.54) is 0 Å². The van der Waals surface area contributed by atoms with Crippen LogP contribution < -0.4 is 5.73 Å². The molecule has 1 unspecified atom stereocenters. The third-order valence-electron chi connectivity index (χ3n) is 2.78. The van der Waals surface area contributed by atoms with E-state index in [1.807, 2.05) is 0 Å². The van der Waals surface area contributed by atoms with Gasteiger partial charge in [0.15, 0.2) is 11.7 Å². The van der Waals surface area contributed by atoms with Crippen molar-refractivity contribution in [1.82, 2.24) is 0 Å². The molecule has 3 N–H and O–H groups in total. The van der Waals surface area contributed by atoms with Gasteiger partial charge in [0, 0.05) is 12.8 Å². The van der Waals surface area contributed by atoms with Crippen LogP contribution in [0.25, 0.3) is 0 Å². The normalized spacial score (nSPS) is 46.1. The highest BCUT2D eigenvalue weighted by Gasteiger charge is 2.75. The number of carboxylic acid groups (broad SMARTS) is 1. The molecule has 0 aromatic carbocycles. The fourth-order valence-corrected chi connectivity index (χ4v) is 2.22. The van der Waals surface area contributed by atoms with Gasteiger partial charge in [-0.05, 0) is 0 Å². The van der Waals surface area contributed by atoms with Crippen molar-refractivity contribution < 1.29 is 27.8 Å². The highest BCUT2D eigenvalue weighted by Crippen LogP contribution is 2.57. The summed E-state index contributed by atoms with van der Waals surface area (Å²) < 4.78 is 41.5. The van der Waals surface area contributed by atoms with Crippen LogP contribution in [0.4, 0.5) is 13.2 Å². The van der Waals surface area contributed by atoms with Crippen molar-refractivity contribution in [2.75, 3.05) is 0 Å². The van der Waals surface area contributed by atoms with E-state index in [0.717, 1.165) is 0 Å². The van der Waals surface area contributed by atoms with Gasteiger partial charge < -0.3 is 15.6 Å². The first-order valence-corrected chi connectivity index (χ1v) is 3.96. The molecule has 0 radical (unpaired) electrons. The van der Waals surface area contributed by atoms with Crippen molar-refractivity contribution >= 4 is 5.97 Å². The predicted molar refractivity (Wildman–Crippen MR) is 37.4 cm³/mol. The molecule has 2 saturated heterocycles. The third kappa shape index (κ3) is 0.992. The van der Waals surface area contributed by atoms with E-state index in [1.54, 1.807) is 0 Å². The lowest BCUT2D eigenvalue weighted by atomic mass is 9.66. The number of fused-ring (bicyclic) bond motifs is 1. The molecule has 3 fully saturated rings. The smallest absolute Gasteiger partial charge is 0.416 e. The summed E-state index contributed by atoms with van der Waals surface area (Å²) in [5, 5.41) is 8.66. The Bertz CT molecular complexity index is 295. The zero-order valence-corrected chi connectivity index (χ0v) is 6.97. The number of alkyl halides is 3. The maximum Gasteiger partial charge on any atom is 0.416 e. The Morgan fingerprint density at radius 2 is 2.00 bits per heavy atom. The number of hydrogen-bond donors (Lipinski definition) is 2. The lowest BCUT2D eigenvalue weighted by Crippen LogP contribution is -2.62. The molecule has 1 atom stereocenters. The van der Waals surface area contributed by atoms with Crippen LogP contribution >= 0.6 is 0 Å². The van der Waals surface area contributed by atoms with Crippen molar-refractivity contribution in [2.24, 2.45) is 5.73 Å². The second-order valence-corrected chi connectivity index (χ2v) is 3.93. The summed E-state index contributed by atoms with van der Waals surface area (Å²) in [5.74, 6) is -1.37. The van der Waals surface area contributed by atoms with E-state index in [2.05, 4.69) is 4.74 Å². The summed E-state index contributed by atoms with van der Waals surface area (Å²) in [6.07, 6.45) is -7.27. The second kappa shape index (κ2) is 2.22. The van der Waals surface area contributed by atoms with Crippen LogP contribution in [0.1, 0.15) is 12.8 Å². The Balaban J connectivity index is 2.25. The number of halogens is 3. The van der Waals surface area contributed by atoms with E-state index < -0.39 is 29.4 Å². The number of ether oxygens (including phenoxy) is 1. The zero-order chi connectivity index (χ0) is 10.8. The number of nitrogens with two attached hydrogens (primary N) is 1. The first kappa shape index (κ1) is 9.72. The van der Waals surface area contributed by atoms with E-state index in [9.17, 15) is 18.0 Å². The molecule has 14 heavy (non-hydrogen) atoms. The van der Waals surface area contributed by atoms with Gasteiger partial charge in [-0.1, -0.05) is 0 Å². The van der Waals surface area contributed by atoms with Crippen LogP contribution in [0.2, 0.25) is 0 Å². The molecule has 2 aliphatic heterocycles. The molecule has 0 aromatic rings. The molecule has 80 valence electrons. The average molecular weight is 211 g/mol. The van der Waals surface area contributed by atoms with Gasteiger partial charge in [0.05, 0.1) is 5.54 Å². The monoisotopic (exact) mass is 211 g/mol. The quantitative estimate of drug-likeness (QED) is 0.652. The Morgan fingerprint density at radius 3 is 2.21 bits per heavy atom. The SMILES string of the molecule is NC12CC(C(=O)O)(C1)OC2C(F)(F)F. The minimum absolute atomic E-state index is 0.264. The molecule has 3 rings (SSSR count). The maximum absolute atomic E-state index is 12.3. The molecule has 2 bridgehead atoms. The van der Waals surface area contributed by atoms with E-state index in [4.69, 9.17) is 10.8 Å². The molecule has 1 aliphatic carbocycles. The summed E-state index contributed by atoms with van der Waals surface area (Å²) in [7, 11) is 0. The van der Waals surface area contributed by atoms with Gasteiger partial charge in [-0.25, -0.2) is 4.79 Å². The highest BCUT2D eigenvalue weighted by atomic mass is 19.4. The fourth-order valence-electron chi connectivity index (χ4n) is 2.22. The first-order chi connectivity index (χ1) is 6.20. The largest absolute Gasteiger partial charge is 0.479 e. The minimum Gasteiger partial charge on any atom is -0.479 e. The van der Waals surface area contributed by atoms with E-state index in [0.29, 0.717) is 0 Å². The van der Waals surface area contributed by atoms with Crippen molar-refractivity contribution in [3.8, 4) is 0 Å². The van der Waals surface area contributed by atoms with Crippen LogP contribution in [0.5, 0.6) is 0 Å². The van der Waals surface area contributed by atoms with Gasteiger partial charge in [0.25, 0.3) is 0 Å². The molecular weight excluding hydrogens is 203 g/mol.